The first-order valence-electron chi connectivity index (χ1n) is 4.01. The van der Waals surface area contributed by atoms with Crippen LogP contribution >= 0.6 is 0 Å². The fraction of sp³-hybridized carbons (Fsp3) is 0.778. The van der Waals surface area contributed by atoms with Gasteiger partial charge in [-0.1, -0.05) is 26.0 Å². The maximum absolute atomic E-state index is 2.41. The molecule has 9 heavy (non-hydrogen) atoms. The van der Waals surface area contributed by atoms with Gasteiger partial charge in [0.25, 0.3) is 0 Å². The van der Waals surface area contributed by atoms with E-state index in [0.717, 1.165) is 0 Å². The van der Waals surface area contributed by atoms with E-state index in [1.54, 1.807) is 0 Å². The summed E-state index contributed by atoms with van der Waals surface area (Å²) >= 11 is 0. The van der Waals surface area contributed by atoms with Crippen molar-refractivity contribution in [2.45, 2.75) is 39.5 Å². The van der Waals surface area contributed by atoms with Gasteiger partial charge in [-0.25, -0.2) is 0 Å². The lowest BCUT2D eigenvalue weighted by molar-refractivity contribution is 0.347. The Morgan fingerprint density at radius 1 is 1.33 bits per heavy atom. The van der Waals surface area contributed by atoms with E-state index in [0.29, 0.717) is 5.41 Å². The Labute approximate surface area is 58.0 Å². The molecule has 0 heteroatoms. The van der Waals surface area contributed by atoms with Gasteiger partial charge in [-0.3, -0.25) is 0 Å². The minimum atomic E-state index is 0.597. The van der Waals surface area contributed by atoms with Crippen LogP contribution in [0, 0.1) is 5.41 Å². The molecule has 52 valence electrons. The van der Waals surface area contributed by atoms with Crippen LogP contribution in [-0.2, 0) is 0 Å². The molecule has 0 aromatic carbocycles. The summed E-state index contributed by atoms with van der Waals surface area (Å²) in [5.41, 5.74) is 0.597. The van der Waals surface area contributed by atoms with Crippen LogP contribution in [0.25, 0.3) is 0 Å². The summed E-state index contributed by atoms with van der Waals surface area (Å²) in [5, 5.41) is 0. The van der Waals surface area contributed by atoms with Gasteiger partial charge >= 0.3 is 0 Å². The summed E-state index contributed by atoms with van der Waals surface area (Å²) in [5.74, 6) is 0. The third-order valence-electron chi connectivity index (χ3n) is 2.69. The first-order valence-corrected chi connectivity index (χ1v) is 4.01. The molecule has 1 rings (SSSR count). The minimum Gasteiger partial charge on any atom is -0.0879 e. The molecule has 0 aromatic heterocycles. The molecule has 0 unspecified atom stereocenters. The molecule has 0 heterocycles. The molecule has 0 bridgehead atoms. The van der Waals surface area contributed by atoms with Gasteiger partial charge in [0.1, 0.15) is 0 Å². The van der Waals surface area contributed by atoms with Crippen molar-refractivity contribution in [3.8, 4) is 0 Å². The zero-order valence-electron chi connectivity index (χ0n) is 6.48. The smallest absolute Gasteiger partial charge is 0.0121 e. The van der Waals surface area contributed by atoms with Crippen LogP contribution in [-0.4, -0.2) is 0 Å². The van der Waals surface area contributed by atoms with Crippen molar-refractivity contribution < 1.29 is 0 Å². The molecular weight excluding hydrogens is 108 g/mol. The lowest BCUT2D eigenvalue weighted by Gasteiger charge is -2.22. The van der Waals surface area contributed by atoms with Crippen molar-refractivity contribution in [1.82, 2.24) is 0 Å². The molecule has 0 spiro atoms. The molecule has 0 nitrogen and oxygen atoms in total. The fourth-order valence-electron chi connectivity index (χ4n) is 1.63. The van der Waals surface area contributed by atoms with Crippen molar-refractivity contribution in [3.63, 3.8) is 0 Å². The van der Waals surface area contributed by atoms with Crippen LogP contribution in [0.1, 0.15) is 39.5 Å². The van der Waals surface area contributed by atoms with Gasteiger partial charge in [0.2, 0.25) is 0 Å². The second kappa shape index (κ2) is 2.55. The Morgan fingerprint density at radius 2 is 2.00 bits per heavy atom. The molecule has 0 saturated heterocycles. The van der Waals surface area contributed by atoms with Crippen molar-refractivity contribution in [1.29, 1.82) is 0 Å². The number of allylic oxidation sites excluding steroid dienone is 2. The van der Waals surface area contributed by atoms with Gasteiger partial charge in [-0.2, -0.15) is 0 Å². The van der Waals surface area contributed by atoms with Crippen molar-refractivity contribution in [2.75, 3.05) is 0 Å². The third-order valence-corrected chi connectivity index (χ3v) is 2.69. The molecular formula is C9H16. The summed E-state index contributed by atoms with van der Waals surface area (Å²) in [6, 6.07) is 0. The number of rotatable bonds is 2. The highest BCUT2D eigenvalue weighted by atomic mass is 14.3. The number of hydrogen-bond donors (Lipinski definition) is 0. The zero-order valence-corrected chi connectivity index (χ0v) is 6.48. The Hall–Kier alpha value is -0.260. The standard InChI is InChI=1S/C9H16/c1-3-9(4-2)7-5-6-8-9/h5,7H,3-4,6,8H2,1-2H3. The summed E-state index contributed by atoms with van der Waals surface area (Å²) < 4.78 is 0. The first-order chi connectivity index (χ1) is 4.33. The monoisotopic (exact) mass is 124 g/mol. The summed E-state index contributed by atoms with van der Waals surface area (Å²) in [7, 11) is 0. The summed E-state index contributed by atoms with van der Waals surface area (Å²) in [4.78, 5) is 0. The van der Waals surface area contributed by atoms with Crippen molar-refractivity contribution >= 4 is 0 Å². The van der Waals surface area contributed by atoms with Gasteiger partial charge in [0.05, 0.1) is 0 Å². The second-order valence-electron chi connectivity index (χ2n) is 3.01. The van der Waals surface area contributed by atoms with Gasteiger partial charge < -0.3 is 0 Å². The average Bonchev–Trinajstić information content (AvgIpc) is 2.36. The molecule has 0 N–H and O–H groups in total. The molecule has 1 aliphatic carbocycles. The SMILES string of the molecule is CCC1(CC)C=CCC1. The van der Waals surface area contributed by atoms with Crippen LogP contribution < -0.4 is 0 Å². The van der Waals surface area contributed by atoms with E-state index in [2.05, 4.69) is 26.0 Å². The molecule has 0 aliphatic heterocycles. The maximum atomic E-state index is 2.41. The van der Waals surface area contributed by atoms with Crippen molar-refractivity contribution in [3.05, 3.63) is 12.2 Å². The quantitative estimate of drug-likeness (QED) is 0.496. The van der Waals surface area contributed by atoms with Gasteiger partial charge in [-0.15, -0.1) is 0 Å². The Bertz CT molecular complexity index is 107. The first kappa shape index (κ1) is 6.85. The molecule has 1 aliphatic rings. The highest BCUT2D eigenvalue weighted by Crippen LogP contribution is 2.37. The van der Waals surface area contributed by atoms with E-state index < -0.39 is 0 Å². The summed E-state index contributed by atoms with van der Waals surface area (Å²) in [6.45, 7) is 4.58. The van der Waals surface area contributed by atoms with Gasteiger partial charge in [0, 0.05) is 0 Å². The van der Waals surface area contributed by atoms with E-state index in [9.17, 15) is 0 Å². The fourth-order valence-corrected chi connectivity index (χ4v) is 1.63. The van der Waals surface area contributed by atoms with Crippen LogP contribution in [0.4, 0.5) is 0 Å². The predicted molar refractivity (Wildman–Crippen MR) is 41.4 cm³/mol. The topological polar surface area (TPSA) is 0 Å². The lowest BCUT2D eigenvalue weighted by Crippen LogP contribution is -2.11. The molecule has 0 atom stereocenters. The molecule has 0 fully saturated rings. The van der Waals surface area contributed by atoms with Gasteiger partial charge in [-0.05, 0) is 31.1 Å². The Morgan fingerprint density at radius 3 is 2.22 bits per heavy atom. The number of hydrogen-bond acceptors (Lipinski definition) is 0. The highest BCUT2D eigenvalue weighted by Gasteiger charge is 2.24. The van der Waals surface area contributed by atoms with E-state index in [1.165, 1.54) is 25.7 Å². The second-order valence-corrected chi connectivity index (χ2v) is 3.01. The normalized spacial score (nSPS) is 22.9. The maximum Gasteiger partial charge on any atom is -0.0121 e. The van der Waals surface area contributed by atoms with E-state index in [4.69, 9.17) is 0 Å². The van der Waals surface area contributed by atoms with Crippen LogP contribution in [0.15, 0.2) is 12.2 Å². The van der Waals surface area contributed by atoms with E-state index in [1.807, 2.05) is 0 Å². The van der Waals surface area contributed by atoms with Crippen LogP contribution in [0.3, 0.4) is 0 Å². The molecule has 0 saturated carbocycles. The Kier molecular flexibility index (Phi) is 1.94. The largest absolute Gasteiger partial charge is 0.0879 e. The van der Waals surface area contributed by atoms with E-state index in [-0.39, 0.29) is 0 Å². The van der Waals surface area contributed by atoms with Crippen LogP contribution in [0.5, 0.6) is 0 Å². The summed E-state index contributed by atoms with van der Waals surface area (Å²) in [6.07, 6.45) is 10.1. The Balaban J connectivity index is 2.57. The van der Waals surface area contributed by atoms with E-state index >= 15 is 0 Å². The zero-order chi connectivity index (χ0) is 6.74. The minimum absolute atomic E-state index is 0.597. The molecule has 0 amide bonds. The molecule has 0 radical (unpaired) electrons. The van der Waals surface area contributed by atoms with Crippen molar-refractivity contribution in [2.24, 2.45) is 5.41 Å². The average molecular weight is 124 g/mol. The van der Waals surface area contributed by atoms with Crippen LogP contribution in [0.2, 0.25) is 0 Å². The highest BCUT2D eigenvalue weighted by molar-refractivity contribution is 5.05. The van der Waals surface area contributed by atoms with Gasteiger partial charge in [0.15, 0.2) is 0 Å². The molecule has 0 aromatic rings. The predicted octanol–water partition coefficient (Wildman–Crippen LogP) is 3.14. The lowest BCUT2D eigenvalue weighted by atomic mass is 9.82. The third kappa shape index (κ3) is 1.17.